The van der Waals surface area contributed by atoms with E-state index in [1.54, 1.807) is 29.2 Å². The summed E-state index contributed by atoms with van der Waals surface area (Å²) in [7, 11) is -0.583. The van der Waals surface area contributed by atoms with Crippen molar-refractivity contribution in [1.29, 1.82) is 0 Å². The van der Waals surface area contributed by atoms with Crippen LogP contribution in [0.4, 0.5) is 4.79 Å². The minimum atomic E-state index is -3.57. The molecule has 0 bridgehead atoms. The molecule has 2 rings (SSSR count). The first kappa shape index (κ1) is 20.9. The van der Waals surface area contributed by atoms with Gasteiger partial charge in [-0.05, 0) is 31.0 Å². The van der Waals surface area contributed by atoms with Crippen molar-refractivity contribution in [3.05, 3.63) is 65.2 Å². The molecule has 0 atom stereocenters. The summed E-state index contributed by atoms with van der Waals surface area (Å²) in [5, 5.41) is 2.84. The largest absolute Gasteiger partial charge is 0.334 e. The minimum Gasteiger partial charge on any atom is -0.334 e. The van der Waals surface area contributed by atoms with Crippen LogP contribution >= 0.6 is 0 Å². The average molecular weight is 390 g/mol. The molecule has 2 aromatic carbocycles. The summed E-state index contributed by atoms with van der Waals surface area (Å²) in [6, 6.07) is 14.5. The monoisotopic (exact) mass is 389 g/mol. The molecular formula is C20H27N3O3S. The fourth-order valence-corrected chi connectivity index (χ4v) is 3.85. The van der Waals surface area contributed by atoms with Crippen LogP contribution in [0.3, 0.4) is 0 Å². The first-order valence-electron chi connectivity index (χ1n) is 8.84. The molecule has 0 saturated heterocycles. The lowest BCUT2D eigenvalue weighted by Gasteiger charge is -2.22. The Hall–Kier alpha value is -2.38. The summed E-state index contributed by atoms with van der Waals surface area (Å²) in [6.07, 6.45) is 0. The second kappa shape index (κ2) is 9.01. The van der Waals surface area contributed by atoms with Crippen molar-refractivity contribution in [3.8, 4) is 0 Å². The third kappa shape index (κ3) is 5.30. The number of sulfonamides is 1. The van der Waals surface area contributed by atoms with E-state index in [1.807, 2.05) is 32.0 Å². The maximum absolute atomic E-state index is 12.6. The van der Waals surface area contributed by atoms with Gasteiger partial charge in [-0.3, -0.25) is 0 Å². The third-order valence-electron chi connectivity index (χ3n) is 4.29. The van der Waals surface area contributed by atoms with E-state index in [2.05, 4.69) is 11.4 Å². The molecule has 0 aromatic heterocycles. The van der Waals surface area contributed by atoms with E-state index < -0.39 is 10.0 Å². The number of rotatable bonds is 7. The number of nitrogens with one attached hydrogen (secondary N) is 1. The number of urea groups is 1. The van der Waals surface area contributed by atoms with E-state index in [9.17, 15) is 13.2 Å². The number of hydrogen-bond acceptors (Lipinski definition) is 3. The van der Waals surface area contributed by atoms with Crippen LogP contribution < -0.4 is 5.32 Å². The summed E-state index contributed by atoms with van der Waals surface area (Å²) >= 11 is 0. The second-order valence-electron chi connectivity index (χ2n) is 6.56. The van der Waals surface area contributed by atoms with Gasteiger partial charge in [-0.25, -0.2) is 17.5 Å². The predicted molar refractivity (Wildman–Crippen MR) is 107 cm³/mol. The van der Waals surface area contributed by atoms with Gasteiger partial charge in [-0.1, -0.05) is 48.0 Å². The number of nitrogens with zero attached hydrogens (tertiary/aromatic N) is 2. The molecule has 1 N–H and O–H groups in total. The molecule has 0 aliphatic carbocycles. The van der Waals surface area contributed by atoms with Crippen molar-refractivity contribution in [2.45, 2.75) is 31.8 Å². The normalized spacial score (nSPS) is 11.4. The molecule has 0 aliphatic heterocycles. The molecule has 6 nitrogen and oxygen atoms in total. The van der Waals surface area contributed by atoms with E-state index in [4.69, 9.17) is 0 Å². The van der Waals surface area contributed by atoms with Gasteiger partial charge in [0.25, 0.3) is 0 Å². The predicted octanol–water partition coefficient (Wildman–Crippen LogP) is 2.98. The van der Waals surface area contributed by atoms with Crippen molar-refractivity contribution < 1.29 is 13.2 Å². The van der Waals surface area contributed by atoms with Crippen LogP contribution in [0.15, 0.2) is 53.4 Å². The zero-order valence-electron chi connectivity index (χ0n) is 16.3. The Bertz CT molecular complexity index is 895. The Morgan fingerprint density at radius 3 is 2.41 bits per heavy atom. The van der Waals surface area contributed by atoms with E-state index in [-0.39, 0.29) is 17.5 Å². The highest BCUT2D eigenvalue weighted by atomic mass is 32.2. The van der Waals surface area contributed by atoms with Crippen LogP contribution in [0.5, 0.6) is 0 Å². The van der Waals surface area contributed by atoms with Crippen LogP contribution in [-0.4, -0.2) is 44.3 Å². The van der Waals surface area contributed by atoms with Gasteiger partial charge in [0.2, 0.25) is 10.0 Å². The lowest BCUT2D eigenvalue weighted by atomic mass is 10.1. The van der Waals surface area contributed by atoms with Crippen LogP contribution in [-0.2, 0) is 23.1 Å². The molecule has 0 radical (unpaired) electrons. The number of hydrogen-bond donors (Lipinski definition) is 1. The summed E-state index contributed by atoms with van der Waals surface area (Å²) in [5.74, 6) is 0. The topological polar surface area (TPSA) is 69.7 Å². The van der Waals surface area contributed by atoms with Gasteiger partial charge >= 0.3 is 6.03 Å². The molecule has 0 saturated carbocycles. The van der Waals surface area contributed by atoms with Crippen molar-refractivity contribution in [2.24, 2.45) is 0 Å². The molecule has 0 aliphatic rings. The lowest BCUT2D eigenvalue weighted by Crippen LogP contribution is -2.39. The zero-order valence-corrected chi connectivity index (χ0v) is 17.1. The fourth-order valence-electron chi connectivity index (χ4n) is 2.74. The van der Waals surface area contributed by atoms with Gasteiger partial charge in [0.1, 0.15) is 0 Å². The summed E-state index contributed by atoms with van der Waals surface area (Å²) < 4.78 is 26.1. The second-order valence-corrected chi connectivity index (χ2v) is 8.68. The SMILES string of the molecule is CCN(Cc1cccc(C)c1)C(=O)NCc1ccccc1S(=O)(=O)N(C)C. The number of aryl methyl sites for hydroxylation is 1. The molecule has 2 aromatic rings. The van der Waals surface area contributed by atoms with Crippen LogP contribution in [0, 0.1) is 6.92 Å². The Labute approximate surface area is 161 Å². The highest BCUT2D eigenvalue weighted by molar-refractivity contribution is 7.89. The van der Waals surface area contributed by atoms with Crippen molar-refractivity contribution in [1.82, 2.24) is 14.5 Å². The summed E-state index contributed by atoms with van der Waals surface area (Å²) in [5.41, 5.74) is 2.76. The Balaban J connectivity index is 2.10. The smallest absolute Gasteiger partial charge is 0.317 e. The Kier molecular flexibility index (Phi) is 6.98. The molecule has 0 heterocycles. The first-order chi connectivity index (χ1) is 12.8. The number of benzene rings is 2. The van der Waals surface area contributed by atoms with E-state index in [0.717, 1.165) is 11.1 Å². The average Bonchev–Trinajstić information content (AvgIpc) is 2.64. The van der Waals surface area contributed by atoms with Gasteiger partial charge in [-0.2, -0.15) is 0 Å². The van der Waals surface area contributed by atoms with E-state index >= 15 is 0 Å². The molecule has 27 heavy (non-hydrogen) atoms. The van der Waals surface area contributed by atoms with E-state index in [1.165, 1.54) is 18.4 Å². The van der Waals surface area contributed by atoms with Crippen LogP contribution in [0.25, 0.3) is 0 Å². The van der Waals surface area contributed by atoms with Crippen molar-refractivity contribution >= 4 is 16.1 Å². The third-order valence-corrected chi connectivity index (χ3v) is 6.20. The van der Waals surface area contributed by atoms with Gasteiger partial charge < -0.3 is 10.2 Å². The molecule has 2 amide bonds. The van der Waals surface area contributed by atoms with Gasteiger partial charge in [-0.15, -0.1) is 0 Å². The van der Waals surface area contributed by atoms with Gasteiger partial charge in [0.05, 0.1) is 4.90 Å². The maximum atomic E-state index is 12.6. The van der Waals surface area contributed by atoms with E-state index in [0.29, 0.717) is 18.7 Å². The quantitative estimate of drug-likeness (QED) is 0.791. The molecule has 0 spiro atoms. The first-order valence-corrected chi connectivity index (χ1v) is 10.3. The number of carbonyl (C=O) groups excluding carboxylic acids is 1. The highest BCUT2D eigenvalue weighted by Gasteiger charge is 2.21. The van der Waals surface area contributed by atoms with Crippen molar-refractivity contribution in [3.63, 3.8) is 0 Å². The number of amides is 2. The molecule has 146 valence electrons. The fraction of sp³-hybridized carbons (Fsp3) is 0.350. The van der Waals surface area contributed by atoms with Crippen LogP contribution in [0.2, 0.25) is 0 Å². The summed E-state index contributed by atoms with van der Waals surface area (Å²) in [4.78, 5) is 14.5. The maximum Gasteiger partial charge on any atom is 0.317 e. The lowest BCUT2D eigenvalue weighted by molar-refractivity contribution is 0.197. The molecule has 7 heteroatoms. The number of carbonyl (C=O) groups is 1. The zero-order chi connectivity index (χ0) is 20.0. The van der Waals surface area contributed by atoms with Gasteiger partial charge in [0, 0.05) is 33.7 Å². The van der Waals surface area contributed by atoms with Crippen LogP contribution in [0.1, 0.15) is 23.6 Å². The van der Waals surface area contributed by atoms with Crippen molar-refractivity contribution in [2.75, 3.05) is 20.6 Å². The Morgan fingerprint density at radius 2 is 1.78 bits per heavy atom. The van der Waals surface area contributed by atoms with Gasteiger partial charge in [0.15, 0.2) is 0 Å². The standard InChI is InChI=1S/C20H27N3O3S/c1-5-23(15-17-10-8-9-16(2)13-17)20(24)21-14-18-11-6-7-12-19(18)27(25,26)22(3)4/h6-13H,5,14-15H2,1-4H3,(H,21,24). The molecule has 0 fully saturated rings. The molecule has 0 unspecified atom stereocenters. The summed E-state index contributed by atoms with van der Waals surface area (Å²) in [6.45, 7) is 5.13. The highest BCUT2D eigenvalue weighted by Crippen LogP contribution is 2.18. The molecular weight excluding hydrogens is 362 g/mol. The Morgan fingerprint density at radius 1 is 1.07 bits per heavy atom. The minimum absolute atomic E-state index is 0.145.